The predicted molar refractivity (Wildman–Crippen MR) is 43.1 cm³/mol. The zero-order valence-corrected chi connectivity index (χ0v) is 6.67. The molecule has 3 nitrogen and oxygen atoms in total. The van der Waals surface area contributed by atoms with Gasteiger partial charge in [0.2, 0.25) is 5.91 Å². The molecule has 1 heterocycles. The second kappa shape index (κ2) is 3.50. The highest BCUT2D eigenvalue weighted by molar-refractivity contribution is 7.07. The molecule has 4 heteroatoms. The molecule has 1 rings (SSSR count). The maximum Gasteiger partial charge on any atom is 0.220 e. The van der Waals surface area contributed by atoms with Crippen LogP contribution >= 0.6 is 11.3 Å². The molecule has 0 bridgehead atoms. The highest BCUT2D eigenvalue weighted by atomic mass is 32.1. The van der Waals surface area contributed by atoms with E-state index in [1.807, 2.05) is 5.38 Å². The third kappa shape index (κ3) is 2.32. The second-order valence-corrected chi connectivity index (χ2v) is 3.02. The fourth-order valence-corrected chi connectivity index (χ4v) is 1.48. The van der Waals surface area contributed by atoms with Crippen LogP contribution in [0.1, 0.15) is 18.1 Å². The van der Waals surface area contributed by atoms with Crippen molar-refractivity contribution in [3.8, 4) is 0 Å². The van der Waals surface area contributed by atoms with Crippen molar-refractivity contribution >= 4 is 17.2 Å². The molecular formula is C7H9NO2S. The van der Waals surface area contributed by atoms with Crippen molar-refractivity contribution in [1.82, 2.24) is 0 Å². The van der Waals surface area contributed by atoms with E-state index >= 15 is 0 Å². The van der Waals surface area contributed by atoms with E-state index in [-0.39, 0.29) is 6.42 Å². The van der Waals surface area contributed by atoms with Crippen molar-refractivity contribution in [2.24, 2.45) is 5.73 Å². The lowest BCUT2D eigenvalue weighted by molar-refractivity contribution is -0.119. The Kier molecular flexibility index (Phi) is 2.62. The quantitative estimate of drug-likeness (QED) is 0.701. The molecule has 0 saturated heterocycles. The summed E-state index contributed by atoms with van der Waals surface area (Å²) in [6.07, 6.45) is -0.741. The fourth-order valence-electron chi connectivity index (χ4n) is 0.773. The lowest BCUT2D eigenvalue weighted by atomic mass is 10.1. The predicted octanol–water partition coefficient (Wildman–Crippen LogP) is 0.657. The first kappa shape index (κ1) is 8.23. The number of carbonyl (C=O) groups is 1. The summed E-state index contributed by atoms with van der Waals surface area (Å²) in [4.78, 5) is 10.4. The Morgan fingerprint density at radius 3 is 3.00 bits per heavy atom. The van der Waals surface area contributed by atoms with Crippen LogP contribution in [-0.2, 0) is 4.79 Å². The van der Waals surface area contributed by atoms with Gasteiger partial charge >= 0.3 is 0 Å². The normalized spacial score (nSPS) is 12.8. The number of hydrogen-bond acceptors (Lipinski definition) is 3. The Morgan fingerprint density at radius 2 is 2.55 bits per heavy atom. The van der Waals surface area contributed by atoms with Crippen molar-refractivity contribution in [2.75, 3.05) is 0 Å². The van der Waals surface area contributed by atoms with Gasteiger partial charge in [-0.3, -0.25) is 4.79 Å². The second-order valence-electron chi connectivity index (χ2n) is 2.24. The number of carbonyl (C=O) groups excluding carboxylic acids is 1. The third-order valence-corrected chi connectivity index (χ3v) is 2.02. The van der Waals surface area contributed by atoms with Gasteiger partial charge in [0.05, 0.1) is 12.5 Å². The first-order valence-corrected chi connectivity index (χ1v) is 4.13. The molecule has 0 radical (unpaired) electrons. The third-order valence-electron chi connectivity index (χ3n) is 1.32. The van der Waals surface area contributed by atoms with Crippen LogP contribution in [0.4, 0.5) is 0 Å². The van der Waals surface area contributed by atoms with Crippen LogP contribution in [0.5, 0.6) is 0 Å². The van der Waals surface area contributed by atoms with E-state index in [1.54, 1.807) is 11.4 Å². The van der Waals surface area contributed by atoms with Crippen molar-refractivity contribution in [3.05, 3.63) is 22.4 Å². The number of primary amides is 1. The smallest absolute Gasteiger partial charge is 0.220 e. The number of aliphatic hydroxyl groups excluding tert-OH is 1. The number of aliphatic hydroxyl groups is 1. The summed E-state index contributed by atoms with van der Waals surface area (Å²) in [6.45, 7) is 0. The zero-order chi connectivity index (χ0) is 8.27. The van der Waals surface area contributed by atoms with Crippen LogP contribution in [0.2, 0.25) is 0 Å². The van der Waals surface area contributed by atoms with Crippen molar-refractivity contribution < 1.29 is 9.90 Å². The first-order valence-electron chi connectivity index (χ1n) is 3.18. The maximum atomic E-state index is 10.4. The van der Waals surface area contributed by atoms with Crippen LogP contribution in [0.15, 0.2) is 16.8 Å². The molecule has 0 aliphatic rings. The van der Waals surface area contributed by atoms with Gasteiger partial charge in [0.15, 0.2) is 0 Å². The van der Waals surface area contributed by atoms with Crippen LogP contribution in [0, 0.1) is 0 Å². The van der Waals surface area contributed by atoms with Crippen LogP contribution in [0.25, 0.3) is 0 Å². The minimum atomic E-state index is -0.737. The molecule has 1 aromatic heterocycles. The summed E-state index contributed by atoms with van der Waals surface area (Å²) in [7, 11) is 0. The molecule has 11 heavy (non-hydrogen) atoms. The highest BCUT2D eigenvalue weighted by Gasteiger charge is 2.09. The molecule has 0 aliphatic carbocycles. The van der Waals surface area contributed by atoms with Gasteiger partial charge in [-0.25, -0.2) is 0 Å². The minimum Gasteiger partial charge on any atom is -0.388 e. The number of amides is 1. The Balaban J connectivity index is 2.56. The van der Waals surface area contributed by atoms with E-state index in [0.29, 0.717) is 0 Å². The molecule has 0 spiro atoms. The van der Waals surface area contributed by atoms with Crippen LogP contribution in [0.3, 0.4) is 0 Å². The minimum absolute atomic E-state index is 0.00324. The molecule has 60 valence electrons. The lowest BCUT2D eigenvalue weighted by Crippen LogP contribution is -2.14. The average Bonchev–Trinajstić information content (AvgIpc) is 2.35. The Morgan fingerprint density at radius 1 is 1.82 bits per heavy atom. The van der Waals surface area contributed by atoms with Crippen molar-refractivity contribution in [3.63, 3.8) is 0 Å². The fraction of sp³-hybridized carbons (Fsp3) is 0.286. The Bertz CT molecular complexity index is 233. The monoisotopic (exact) mass is 171 g/mol. The molecule has 1 aromatic rings. The zero-order valence-electron chi connectivity index (χ0n) is 5.86. The van der Waals surface area contributed by atoms with E-state index in [2.05, 4.69) is 0 Å². The van der Waals surface area contributed by atoms with Gasteiger partial charge in [-0.2, -0.15) is 11.3 Å². The van der Waals surface area contributed by atoms with Gasteiger partial charge in [0.25, 0.3) is 0 Å². The SMILES string of the molecule is NC(=O)CC(O)c1ccsc1. The lowest BCUT2D eigenvalue weighted by Gasteiger charge is -2.03. The summed E-state index contributed by atoms with van der Waals surface area (Å²) < 4.78 is 0. The van der Waals surface area contributed by atoms with E-state index in [0.717, 1.165) is 5.56 Å². The van der Waals surface area contributed by atoms with Gasteiger partial charge in [-0.1, -0.05) is 0 Å². The van der Waals surface area contributed by atoms with E-state index in [4.69, 9.17) is 5.73 Å². The van der Waals surface area contributed by atoms with Crippen LogP contribution < -0.4 is 5.73 Å². The molecule has 0 saturated carbocycles. The van der Waals surface area contributed by atoms with Gasteiger partial charge in [0, 0.05) is 0 Å². The van der Waals surface area contributed by atoms with Crippen molar-refractivity contribution in [1.29, 1.82) is 0 Å². The molecule has 1 amide bonds. The highest BCUT2D eigenvalue weighted by Crippen LogP contribution is 2.18. The van der Waals surface area contributed by atoms with Gasteiger partial charge in [-0.05, 0) is 22.4 Å². The number of nitrogens with two attached hydrogens (primary N) is 1. The molecular weight excluding hydrogens is 162 g/mol. The summed E-state index contributed by atoms with van der Waals surface area (Å²) in [6, 6.07) is 1.78. The molecule has 0 fully saturated rings. The van der Waals surface area contributed by atoms with Gasteiger partial charge in [0.1, 0.15) is 0 Å². The van der Waals surface area contributed by atoms with Gasteiger partial charge < -0.3 is 10.8 Å². The standard InChI is InChI=1S/C7H9NO2S/c8-7(10)3-6(9)5-1-2-11-4-5/h1-2,4,6,9H,3H2,(H2,8,10). The molecule has 0 aliphatic heterocycles. The number of rotatable bonds is 3. The summed E-state index contributed by atoms with van der Waals surface area (Å²) in [5.74, 6) is -0.483. The van der Waals surface area contributed by atoms with E-state index in [9.17, 15) is 9.90 Å². The number of hydrogen-bond donors (Lipinski definition) is 2. The van der Waals surface area contributed by atoms with Gasteiger partial charge in [-0.15, -0.1) is 0 Å². The summed E-state index contributed by atoms with van der Waals surface area (Å²) in [5.41, 5.74) is 5.66. The maximum absolute atomic E-state index is 10.4. The van der Waals surface area contributed by atoms with Crippen molar-refractivity contribution in [2.45, 2.75) is 12.5 Å². The van der Waals surface area contributed by atoms with E-state index in [1.165, 1.54) is 11.3 Å². The first-order chi connectivity index (χ1) is 5.20. The molecule has 0 aromatic carbocycles. The molecule has 1 atom stereocenters. The van der Waals surface area contributed by atoms with Crippen LogP contribution in [-0.4, -0.2) is 11.0 Å². The largest absolute Gasteiger partial charge is 0.388 e. The Hall–Kier alpha value is -0.870. The Labute approximate surface area is 68.5 Å². The topological polar surface area (TPSA) is 63.3 Å². The number of thiophene rings is 1. The molecule has 3 N–H and O–H groups in total. The summed E-state index contributed by atoms with van der Waals surface area (Å²) in [5, 5.41) is 12.9. The average molecular weight is 171 g/mol. The molecule has 1 unspecified atom stereocenters. The van der Waals surface area contributed by atoms with E-state index < -0.39 is 12.0 Å². The summed E-state index contributed by atoms with van der Waals surface area (Å²) >= 11 is 1.48.